The van der Waals surface area contributed by atoms with E-state index in [9.17, 15) is 4.79 Å². The zero-order valence-electron chi connectivity index (χ0n) is 16.4. The van der Waals surface area contributed by atoms with Crippen LogP contribution < -0.4 is 5.32 Å². The van der Waals surface area contributed by atoms with E-state index in [-0.39, 0.29) is 16.5 Å². The van der Waals surface area contributed by atoms with Gasteiger partial charge in [-0.05, 0) is 36.8 Å². The van der Waals surface area contributed by atoms with Gasteiger partial charge in [0.2, 0.25) is 5.95 Å². The van der Waals surface area contributed by atoms with Gasteiger partial charge in [-0.2, -0.15) is 9.67 Å². The summed E-state index contributed by atoms with van der Waals surface area (Å²) in [6, 6.07) is 19.9. The Morgan fingerprint density at radius 2 is 1.71 bits per heavy atom. The minimum Gasteiger partial charge on any atom is -0.350 e. The van der Waals surface area contributed by atoms with Gasteiger partial charge in [-0.1, -0.05) is 82.8 Å². The maximum atomic E-state index is 13.2. The number of halogens is 3. The van der Waals surface area contributed by atoms with Crippen LogP contribution in [-0.2, 0) is 6.54 Å². The lowest BCUT2D eigenvalue weighted by atomic mass is 10.1. The van der Waals surface area contributed by atoms with Crippen molar-refractivity contribution in [3.05, 3.63) is 98.5 Å². The summed E-state index contributed by atoms with van der Waals surface area (Å²) >= 11 is 18.5. The third-order valence-corrected chi connectivity index (χ3v) is 5.58. The van der Waals surface area contributed by atoms with Crippen LogP contribution in [0.15, 0.2) is 66.7 Å². The number of carbonyl (C=O) groups excluding carboxylic acids is 1. The molecule has 0 saturated carbocycles. The Kier molecular flexibility index (Phi) is 6.28. The first-order chi connectivity index (χ1) is 14.9. The van der Waals surface area contributed by atoms with Gasteiger partial charge < -0.3 is 5.32 Å². The van der Waals surface area contributed by atoms with Gasteiger partial charge >= 0.3 is 0 Å². The zero-order valence-corrected chi connectivity index (χ0v) is 18.7. The van der Waals surface area contributed by atoms with Gasteiger partial charge in [-0.15, -0.1) is 5.10 Å². The van der Waals surface area contributed by atoms with E-state index in [0.717, 1.165) is 16.7 Å². The maximum absolute atomic E-state index is 13.2. The maximum Gasteiger partial charge on any atom is 0.282 e. The Hall–Kier alpha value is -2.86. The summed E-state index contributed by atoms with van der Waals surface area (Å²) in [6.45, 7) is 2.37. The second-order valence-corrected chi connectivity index (χ2v) is 8.16. The van der Waals surface area contributed by atoms with E-state index >= 15 is 0 Å². The van der Waals surface area contributed by atoms with E-state index in [1.807, 2.05) is 49.4 Å². The highest BCUT2D eigenvalue weighted by atomic mass is 35.5. The molecular weight excluding hydrogens is 455 g/mol. The molecule has 5 nitrogen and oxygen atoms in total. The van der Waals surface area contributed by atoms with Crippen molar-refractivity contribution in [1.29, 1.82) is 0 Å². The summed E-state index contributed by atoms with van der Waals surface area (Å²) in [5.74, 6) is 0.279. The average molecular weight is 472 g/mol. The summed E-state index contributed by atoms with van der Waals surface area (Å²) < 4.78 is 1.21. The van der Waals surface area contributed by atoms with Crippen LogP contribution in [0.5, 0.6) is 0 Å². The van der Waals surface area contributed by atoms with Crippen LogP contribution in [0.3, 0.4) is 0 Å². The lowest BCUT2D eigenvalue weighted by Crippen LogP contribution is -2.18. The van der Waals surface area contributed by atoms with E-state index in [1.165, 1.54) is 10.7 Å². The number of nitrogens with zero attached hydrogens (tertiary/aromatic N) is 3. The molecule has 0 atom stereocenters. The third-order valence-electron chi connectivity index (χ3n) is 4.67. The van der Waals surface area contributed by atoms with Gasteiger partial charge in [0.1, 0.15) is 0 Å². The highest BCUT2D eigenvalue weighted by Crippen LogP contribution is 2.25. The number of carbonyl (C=O) groups is 1. The molecule has 156 valence electrons. The van der Waals surface area contributed by atoms with E-state index < -0.39 is 5.91 Å². The summed E-state index contributed by atoms with van der Waals surface area (Å²) in [6.07, 6.45) is 0. The van der Waals surface area contributed by atoms with E-state index in [2.05, 4.69) is 15.4 Å². The second-order valence-electron chi connectivity index (χ2n) is 6.91. The van der Waals surface area contributed by atoms with Gasteiger partial charge in [0, 0.05) is 22.2 Å². The van der Waals surface area contributed by atoms with Gasteiger partial charge in [-0.25, -0.2) is 0 Å². The molecule has 0 radical (unpaired) electrons. The number of anilines is 1. The standard InChI is InChI=1S/C23H17Cl3N4O/c1-14-6-8-15(9-7-14)21-28-23(27-13-16-4-2-3-5-19(16)25)30(29-21)22(31)18-11-10-17(24)12-20(18)26/h2-12H,13H2,1H3,(H,27,28,29). The van der Waals surface area contributed by atoms with Crippen LogP contribution in [0.25, 0.3) is 11.4 Å². The summed E-state index contributed by atoms with van der Waals surface area (Å²) in [5.41, 5.74) is 3.05. The number of aromatic nitrogens is 3. The van der Waals surface area contributed by atoms with Crippen LogP contribution in [0.1, 0.15) is 21.5 Å². The molecular formula is C23H17Cl3N4O. The zero-order chi connectivity index (χ0) is 22.0. The van der Waals surface area contributed by atoms with Crippen molar-refractivity contribution in [2.45, 2.75) is 13.5 Å². The predicted molar refractivity (Wildman–Crippen MR) is 125 cm³/mol. The molecule has 31 heavy (non-hydrogen) atoms. The van der Waals surface area contributed by atoms with E-state index in [4.69, 9.17) is 34.8 Å². The fourth-order valence-corrected chi connectivity index (χ4v) is 3.68. The number of nitrogens with one attached hydrogen (secondary N) is 1. The molecule has 8 heteroatoms. The van der Waals surface area contributed by atoms with Crippen molar-refractivity contribution in [1.82, 2.24) is 14.8 Å². The molecule has 0 aliphatic rings. The first kappa shape index (κ1) is 21.4. The number of benzene rings is 3. The molecule has 1 heterocycles. The fraction of sp³-hybridized carbons (Fsp3) is 0.0870. The highest BCUT2D eigenvalue weighted by Gasteiger charge is 2.21. The fourth-order valence-electron chi connectivity index (χ4n) is 2.99. The molecule has 1 aromatic heterocycles. The minimum absolute atomic E-state index is 0.238. The molecule has 0 fully saturated rings. The van der Waals surface area contributed by atoms with Crippen LogP contribution in [-0.4, -0.2) is 20.7 Å². The smallest absolute Gasteiger partial charge is 0.282 e. The molecule has 0 unspecified atom stereocenters. The van der Waals surface area contributed by atoms with Gasteiger partial charge in [0.25, 0.3) is 5.91 Å². The van der Waals surface area contributed by atoms with E-state index in [0.29, 0.717) is 22.4 Å². The first-order valence-electron chi connectivity index (χ1n) is 9.43. The van der Waals surface area contributed by atoms with Crippen molar-refractivity contribution in [2.24, 2.45) is 0 Å². The lowest BCUT2D eigenvalue weighted by Gasteiger charge is -2.09. The number of aryl methyl sites for hydroxylation is 1. The molecule has 1 N–H and O–H groups in total. The van der Waals surface area contributed by atoms with Gasteiger partial charge in [0.05, 0.1) is 10.6 Å². The van der Waals surface area contributed by atoms with Crippen LogP contribution in [0.2, 0.25) is 15.1 Å². The Morgan fingerprint density at radius 3 is 2.42 bits per heavy atom. The Bertz CT molecular complexity index is 1250. The summed E-state index contributed by atoms with van der Waals surface area (Å²) in [5, 5.41) is 8.92. The van der Waals surface area contributed by atoms with Crippen molar-refractivity contribution in [3.63, 3.8) is 0 Å². The summed E-state index contributed by atoms with van der Waals surface area (Å²) in [4.78, 5) is 17.8. The first-order valence-corrected chi connectivity index (χ1v) is 10.6. The minimum atomic E-state index is -0.422. The van der Waals surface area contributed by atoms with Crippen molar-refractivity contribution in [3.8, 4) is 11.4 Å². The average Bonchev–Trinajstić information content (AvgIpc) is 3.17. The van der Waals surface area contributed by atoms with E-state index in [1.54, 1.807) is 18.2 Å². The molecule has 0 spiro atoms. The monoisotopic (exact) mass is 470 g/mol. The third kappa shape index (κ3) is 4.74. The lowest BCUT2D eigenvalue weighted by molar-refractivity contribution is 0.0947. The Labute approximate surface area is 194 Å². The van der Waals surface area contributed by atoms with Crippen molar-refractivity contribution in [2.75, 3.05) is 5.32 Å². The Balaban J connectivity index is 1.73. The quantitative estimate of drug-likeness (QED) is 0.360. The second kappa shape index (κ2) is 9.10. The van der Waals surface area contributed by atoms with Gasteiger partial charge in [-0.3, -0.25) is 4.79 Å². The SMILES string of the molecule is Cc1ccc(-c2nc(NCc3ccccc3Cl)n(C(=O)c3ccc(Cl)cc3Cl)n2)cc1. The van der Waals surface area contributed by atoms with Crippen LogP contribution in [0, 0.1) is 6.92 Å². The molecule has 0 aliphatic carbocycles. The molecule has 0 saturated heterocycles. The molecule has 0 aliphatic heterocycles. The predicted octanol–water partition coefficient (Wildman–Crippen LogP) is 6.51. The Morgan fingerprint density at radius 1 is 0.968 bits per heavy atom. The molecule has 0 bridgehead atoms. The van der Waals surface area contributed by atoms with Crippen molar-refractivity contribution < 1.29 is 4.79 Å². The van der Waals surface area contributed by atoms with Crippen molar-refractivity contribution >= 4 is 46.7 Å². The molecule has 4 rings (SSSR count). The van der Waals surface area contributed by atoms with Gasteiger partial charge in [0.15, 0.2) is 5.82 Å². The topological polar surface area (TPSA) is 59.8 Å². The number of rotatable bonds is 5. The molecule has 3 aromatic carbocycles. The highest BCUT2D eigenvalue weighted by molar-refractivity contribution is 6.36. The molecule has 4 aromatic rings. The number of hydrogen-bond acceptors (Lipinski definition) is 4. The van der Waals surface area contributed by atoms with Crippen LogP contribution in [0.4, 0.5) is 5.95 Å². The van der Waals surface area contributed by atoms with Crippen LogP contribution >= 0.6 is 34.8 Å². The molecule has 0 amide bonds. The summed E-state index contributed by atoms with van der Waals surface area (Å²) in [7, 11) is 0. The normalized spacial score (nSPS) is 10.8. The largest absolute Gasteiger partial charge is 0.350 e. The number of hydrogen-bond donors (Lipinski definition) is 1.